The Morgan fingerprint density at radius 1 is 1.15 bits per heavy atom. The van der Waals surface area contributed by atoms with E-state index in [-0.39, 0.29) is 12.1 Å². The lowest BCUT2D eigenvalue weighted by molar-refractivity contribution is 0.0265. The zero-order valence-corrected chi connectivity index (χ0v) is 12.0. The van der Waals surface area contributed by atoms with Crippen LogP contribution in [0.2, 0.25) is 0 Å². The van der Waals surface area contributed by atoms with E-state index in [1.54, 1.807) is 0 Å². The van der Waals surface area contributed by atoms with Crippen molar-refractivity contribution in [3.8, 4) is 0 Å². The molecule has 1 fully saturated rings. The molecule has 1 heterocycles. The first-order valence-electron chi connectivity index (χ1n) is 7.87. The number of fused-ring (bicyclic) bond motifs is 1. The molecule has 1 aromatic rings. The molecular formula is C17H23NO2. The summed E-state index contributed by atoms with van der Waals surface area (Å²) in [5.74, 6) is -0.115. The van der Waals surface area contributed by atoms with Crippen LogP contribution < -0.4 is 5.32 Å². The molecule has 0 unspecified atom stereocenters. The lowest BCUT2D eigenvalue weighted by atomic mass is 9.95. The molecule has 0 spiro atoms. The minimum atomic E-state index is -0.115. The smallest absolute Gasteiger partial charge is 0.338 e. The second kappa shape index (κ2) is 6.40. The largest absolute Gasteiger partial charge is 0.459 e. The average molecular weight is 273 g/mol. The van der Waals surface area contributed by atoms with E-state index in [4.69, 9.17) is 4.74 Å². The van der Waals surface area contributed by atoms with Gasteiger partial charge in [0.25, 0.3) is 0 Å². The lowest BCUT2D eigenvalue weighted by Crippen LogP contribution is -2.26. The molecule has 0 radical (unpaired) electrons. The molecule has 0 saturated heterocycles. The van der Waals surface area contributed by atoms with E-state index in [2.05, 4.69) is 11.4 Å². The number of rotatable bonds is 2. The van der Waals surface area contributed by atoms with Crippen LogP contribution in [0.3, 0.4) is 0 Å². The van der Waals surface area contributed by atoms with Crippen molar-refractivity contribution in [2.75, 3.05) is 6.54 Å². The molecule has 20 heavy (non-hydrogen) atoms. The van der Waals surface area contributed by atoms with Crippen LogP contribution in [0, 0.1) is 0 Å². The fourth-order valence-electron chi connectivity index (χ4n) is 3.30. The Morgan fingerprint density at radius 3 is 2.75 bits per heavy atom. The molecule has 1 saturated carbocycles. The molecular weight excluding hydrogens is 250 g/mol. The van der Waals surface area contributed by atoms with Crippen LogP contribution in [0.4, 0.5) is 0 Å². The molecule has 0 amide bonds. The third-order valence-electron chi connectivity index (χ3n) is 4.44. The molecule has 0 atom stereocenters. The van der Waals surface area contributed by atoms with Crippen molar-refractivity contribution < 1.29 is 9.53 Å². The maximum absolute atomic E-state index is 12.5. The fraction of sp³-hybridized carbons (Fsp3) is 0.588. The van der Waals surface area contributed by atoms with E-state index in [9.17, 15) is 4.79 Å². The lowest BCUT2D eigenvalue weighted by Gasteiger charge is -2.21. The number of hydrogen-bond donors (Lipinski definition) is 1. The van der Waals surface area contributed by atoms with Gasteiger partial charge in [0, 0.05) is 6.54 Å². The summed E-state index contributed by atoms with van der Waals surface area (Å²) in [6.07, 6.45) is 8.04. The zero-order chi connectivity index (χ0) is 13.8. The van der Waals surface area contributed by atoms with Crippen LogP contribution in [0.25, 0.3) is 0 Å². The van der Waals surface area contributed by atoms with Gasteiger partial charge in [-0.25, -0.2) is 4.79 Å². The molecule has 1 N–H and O–H groups in total. The number of esters is 1. The van der Waals surface area contributed by atoms with Crippen molar-refractivity contribution in [1.82, 2.24) is 5.32 Å². The van der Waals surface area contributed by atoms with Gasteiger partial charge in [-0.2, -0.15) is 0 Å². The molecule has 1 aliphatic heterocycles. The summed E-state index contributed by atoms with van der Waals surface area (Å²) in [7, 11) is 0. The monoisotopic (exact) mass is 273 g/mol. The van der Waals surface area contributed by atoms with Gasteiger partial charge in [0.1, 0.15) is 6.10 Å². The van der Waals surface area contributed by atoms with E-state index in [1.165, 1.54) is 36.8 Å². The minimum absolute atomic E-state index is 0.115. The van der Waals surface area contributed by atoms with Crippen LogP contribution >= 0.6 is 0 Å². The third kappa shape index (κ3) is 3.04. The van der Waals surface area contributed by atoms with Gasteiger partial charge in [-0.1, -0.05) is 25.0 Å². The summed E-state index contributed by atoms with van der Waals surface area (Å²) < 4.78 is 5.76. The fourth-order valence-corrected chi connectivity index (χ4v) is 3.30. The topological polar surface area (TPSA) is 38.3 Å². The Morgan fingerprint density at radius 2 is 1.95 bits per heavy atom. The van der Waals surface area contributed by atoms with Crippen molar-refractivity contribution >= 4 is 5.97 Å². The molecule has 0 bridgehead atoms. The first kappa shape index (κ1) is 13.6. The Balaban J connectivity index is 1.73. The molecule has 3 heteroatoms. The number of benzene rings is 1. The summed E-state index contributed by atoms with van der Waals surface area (Å²) in [5.41, 5.74) is 3.21. The van der Waals surface area contributed by atoms with Gasteiger partial charge < -0.3 is 10.1 Å². The number of nitrogens with one attached hydrogen (secondary N) is 1. The van der Waals surface area contributed by atoms with Gasteiger partial charge >= 0.3 is 5.97 Å². The number of ether oxygens (including phenoxy) is 1. The number of carbonyl (C=O) groups is 1. The van der Waals surface area contributed by atoms with E-state index < -0.39 is 0 Å². The van der Waals surface area contributed by atoms with Crippen LogP contribution in [-0.2, 0) is 17.7 Å². The Kier molecular flexibility index (Phi) is 4.36. The molecule has 2 aliphatic rings. The average Bonchev–Trinajstić information content (AvgIpc) is 2.75. The van der Waals surface area contributed by atoms with Crippen molar-refractivity contribution in [1.29, 1.82) is 0 Å². The van der Waals surface area contributed by atoms with Gasteiger partial charge in [-0.05, 0) is 55.8 Å². The standard InChI is InChI=1S/C17H23NO2/c19-17(20-14-7-3-1-2-4-8-14)16-9-5-6-13-12-18-11-10-15(13)16/h5-6,9,14,18H,1-4,7-8,10-12H2. The highest BCUT2D eigenvalue weighted by Crippen LogP contribution is 2.23. The second-order valence-corrected chi connectivity index (χ2v) is 5.89. The molecule has 3 rings (SSSR count). The van der Waals surface area contributed by atoms with Crippen LogP contribution in [0.1, 0.15) is 60.0 Å². The zero-order valence-electron chi connectivity index (χ0n) is 12.0. The van der Waals surface area contributed by atoms with Gasteiger partial charge in [0.05, 0.1) is 5.56 Å². The highest BCUT2D eigenvalue weighted by atomic mass is 16.5. The van der Waals surface area contributed by atoms with Crippen LogP contribution in [0.15, 0.2) is 18.2 Å². The van der Waals surface area contributed by atoms with Gasteiger partial charge in [-0.15, -0.1) is 0 Å². The summed E-state index contributed by atoms with van der Waals surface area (Å²) in [4.78, 5) is 12.5. The van der Waals surface area contributed by atoms with Gasteiger partial charge in [-0.3, -0.25) is 0 Å². The maximum Gasteiger partial charge on any atom is 0.338 e. The molecule has 108 valence electrons. The number of hydrogen-bond acceptors (Lipinski definition) is 3. The first-order chi connectivity index (χ1) is 9.84. The Labute approximate surface area is 120 Å². The summed E-state index contributed by atoms with van der Waals surface area (Å²) in [5, 5.41) is 3.34. The first-order valence-corrected chi connectivity index (χ1v) is 7.87. The van der Waals surface area contributed by atoms with Crippen LogP contribution in [0.5, 0.6) is 0 Å². The Hall–Kier alpha value is -1.35. The predicted octanol–water partition coefficient (Wildman–Crippen LogP) is 3.21. The van der Waals surface area contributed by atoms with E-state index in [0.717, 1.165) is 37.9 Å². The normalized spacial score (nSPS) is 20.0. The SMILES string of the molecule is O=C(OC1CCCCCC1)c1cccc2c1CCNC2. The van der Waals surface area contributed by atoms with Crippen molar-refractivity contribution in [3.05, 3.63) is 34.9 Å². The summed E-state index contributed by atoms with van der Waals surface area (Å²) in [6, 6.07) is 5.99. The van der Waals surface area contributed by atoms with Crippen molar-refractivity contribution in [2.45, 2.75) is 57.6 Å². The summed E-state index contributed by atoms with van der Waals surface area (Å²) in [6.45, 7) is 1.81. The quantitative estimate of drug-likeness (QED) is 0.664. The Bertz CT molecular complexity index is 476. The molecule has 1 aliphatic carbocycles. The van der Waals surface area contributed by atoms with Gasteiger partial charge in [0.15, 0.2) is 0 Å². The molecule has 1 aromatic carbocycles. The second-order valence-electron chi connectivity index (χ2n) is 5.89. The minimum Gasteiger partial charge on any atom is -0.459 e. The number of carbonyl (C=O) groups excluding carboxylic acids is 1. The predicted molar refractivity (Wildman–Crippen MR) is 78.8 cm³/mol. The van der Waals surface area contributed by atoms with E-state index in [0.29, 0.717) is 0 Å². The summed E-state index contributed by atoms with van der Waals surface area (Å²) >= 11 is 0. The van der Waals surface area contributed by atoms with Gasteiger partial charge in [0.2, 0.25) is 0 Å². The van der Waals surface area contributed by atoms with Crippen LogP contribution in [-0.4, -0.2) is 18.6 Å². The van der Waals surface area contributed by atoms with Crippen molar-refractivity contribution in [2.24, 2.45) is 0 Å². The highest BCUT2D eigenvalue weighted by molar-refractivity contribution is 5.91. The molecule has 3 nitrogen and oxygen atoms in total. The van der Waals surface area contributed by atoms with Crippen molar-refractivity contribution in [3.63, 3.8) is 0 Å². The molecule has 0 aromatic heterocycles. The highest BCUT2D eigenvalue weighted by Gasteiger charge is 2.22. The maximum atomic E-state index is 12.5. The third-order valence-corrected chi connectivity index (χ3v) is 4.44. The van der Waals surface area contributed by atoms with E-state index in [1.807, 2.05) is 12.1 Å². The van der Waals surface area contributed by atoms with E-state index >= 15 is 0 Å².